The summed E-state index contributed by atoms with van der Waals surface area (Å²) in [7, 11) is 1.86. The molecule has 0 radical (unpaired) electrons. The molecular formula is C11H10Cl3N3. The van der Waals surface area contributed by atoms with Gasteiger partial charge in [-0.05, 0) is 18.2 Å². The van der Waals surface area contributed by atoms with Gasteiger partial charge >= 0.3 is 0 Å². The van der Waals surface area contributed by atoms with Crippen molar-refractivity contribution in [3.8, 4) is 0 Å². The molecule has 0 fully saturated rings. The van der Waals surface area contributed by atoms with Gasteiger partial charge in [0.15, 0.2) is 0 Å². The quantitative estimate of drug-likeness (QED) is 0.926. The molecule has 1 aromatic heterocycles. The number of aromatic nitrogens is 2. The van der Waals surface area contributed by atoms with Crippen LogP contribution in [0.1, 0.15) is 5.82 Å². The van der Waals surface area contributed by atoms with Gasteiger partial charge in [-0.25, -0.2) is 4.98 Å². The molecule has 1 aromatic carbocycles. The van der Waals surface area contributed by atoms with Crippen LogP contribution in [0.4, 0.5) is 5.69 Å². The van der Waals surface area contributed by atoms with Gasteiger partial charge in [-0.15, -0.1) is 0 Å². The van der Waals surface area contributed by atoms with Crippen molar-refractivity contribution in [2.45, 2.75) is 6.54 Å². The van der Waals surface area contributed by atoms with Crippen LogP contribution in [0.5, 0.6) is 0 Å². The van der Waals surface area contributed by atoms with Crippen LogP contribution < -0.4 is 5.32 Å². The van der Waals surface area contributed by atoms with E-state index in [4.69, 9.17) is 34.8 Å². The number of hydrogen-bond acceptors (Lipinski definition) is 2. The highest BCUT2D eigenvalue weighted by Gasteiger charge is 2.04. The number of halogens is 3. The Morgan fingerprint density at radius 3 is 2.35 bits per heavy atom. The van der Waals surface area contributed by atoms with Crippen LogP contribution in [-0.2, 0) is 13.6 Å². The minimum Gasteiger partial charge on any atom is -0.378 e. The number of imidazole rings is 1. The van der Waals surface area contributed by atoms with Crippen molar-refractivity contribution in [2.75, 3.05) is 5.32 Å². The van der Waals surface area contributed by atoms with Crippen LogP contribution in [0.2, 0.25) is 15.2 Å². The molecule has 0 spiro atoms. The minimum atomic E-state index is 0.555. The van der Waals surface area contributed by atoms with E-state index in [1.165, 1.54) is 0 Å². The van der Waals surface area contributed by atoms with E-state index in [-0.39, 0.29) is 0 Å². The second kappa shape index (κ2) is 5.17. The third kappa shape index (κ3) is 3.06. The molecule has 0 unspecified atom stereocenters. The molecule has 0 aliphatic rings. The van der Waals surface area contributed by atoms with Gasteiger partial charge in [0, 0.05) is 22.8 Å². The SMILES string of the molecule is Cn1c(Cl)cnc1CNc1cc(Cl)cc(Cl)c1. The normalized spacial score (nSPS) is 10.6. The van der Waals surface area contributed by atoms with Crippen molar-refractivity contribution in [1.82, 2.24) is 9.55 Å². The fourth-order valence-electron chi connectivity index (χ4n) is 1.43. The maximum atomic E-state index is 5.90. The molecule has 0 atom stereocenters. The van der Waals surface area contributed by atoms with Crippen molar-refractivity contribution in [3.63, 3.8) is 0 Å². The summed E-state index contributed by atoms with van der Waals surface area (Å²) in [5, 5.41) is 4.98. The van der Waals surface area contributed by atoms with Crippen molar-refractivity contribution in [2.24, 2.45) is 7.05 Å². The van der Waals surface area contributed by atoms with E-state index in [1.807, 2.05) is 7.05 Å². The third-order valence-corrected chi connectivity index (χ3v) is 3.13. The lowest BCUT2D eigenvalue weighted by atomic mass is 10.3. The van der Waals surface area contributed by atoms with Gasteiger partial charge in [-0.1, -0.05) is 34.8 Å². The summed E-state index contributed by atoms with van der Waals surface area (Å²) >= 11 is 17.7. The molecule has 90 valence electrons. The van der Waals surface area contributed by atoms with Gasteiger partial charge in [-0.3, -0.25) is 0 Å². The molecule has 0 bridgehead atoms. The summed E-state index contributed by atoms with van der Waals surface area (Å²) < 4.78 is 1.81. The van der Waals surface area contributed by atoms with E-state index in [9.17, 15) is 0 Å². The van der Waals surface area contributed by atoms with Crippen LogP contribution in [-0.4, -0.2) is 9.55 Å². The number of nitrogens with zero attached hydrogens (tertiary/aromatic N) is 2. The smallest absolute Gasteiger partial charge is 0.128 e. The summed E-state index contributed by atoms with van der Waals surface area (Å²) in [4.78, 5) is 4.18. The van der Waals surface area contributed by atoms with Crippen LogP contribution in [0, 0.1) is 0 Å². The first-order valence-corrected chi connectivity index (χ1v) is 6.05. The molecule has 6 heteroatoms. The molecule has 0 amide bonds. The number of benzene rings is 1. The Balaban J connectivity index is 2.09. The lowest BCUT2D eigenvalue weighted by Gasteiger charge is -2.07. The molecule has 0 saturated carbocycles. The molecule has 17 heavy (non-hydrogen) atoms. The lowest BCUT2D eigenvalue weighted by Crippen LogP contribution is -2.06. The highest BCUT2D eigenvalue weighted by atomic mass is 35.5. The Morgan fingerprint density at radius 1 is 1.18 bits per heavy atom. The van der Waals surface area contributed by atoms with Crippen molar-refractivity contribution >= 4 is 40.5 Å². The first-order valence-electron chi connectivity index (χ1n) is 4.92. The van der Waals surface area contributed by atoms with Crippen molar-refractivity contribution in [3.05, 3.63) is 45.4 Å². The van der Waals surface area contributed by atoms with Crippen LogP contribution in [0.3, 0.4) is 0 Å². The Bertz CT molecular complexity index is 517. The lowest BCUT2D eigenvalue weighted by molar-refractivity contribution is 0.813. The van der Waals surface area contributed by atoms with E-state index >= 15 is 0 Å². The zero-order valence-electron chi connectivity index (χ0n) is 9.04. The highest BCUT2D eigenvalue weighted by Crippen LogP contribution is 2.22. The van der Waals surface area contributed by atoms with Gasteiger partial charge in [0.05, 0.1) is 12.7 Å². The van der Waals surface area contributed by atoms with E-state index in [1.54, 1.807) is 29.0 Å². The second-order valence-corrected chi connectivity index (χ2v) is 4.83. The summed E-state index contributed by atoms with van der Waals surface area (Å²) in [6.45, 7) is 0.555. The Hall–Kier alpha value is -0.900. The van der Waals surface area contributed by atoms with E-state index in [2.05, 4.69) is 10.3 Å². The van der Waals surface area contributed by atoms with Gasteiger partial charge in [0.2, 0.25) is 0 Å². The summed E-state index contributed by atoms with van der Waals surface area (Å²) in [5.41, 5.74) is 0.849. The van der Waals surface area contributed by atoms with Crippen LogP contribution in [0.25, 0.3) is 0 Å². The number of anilines is 1. The largest absolute Gasteiger partial charge is 0.378 e. The van der Waals surface area contributed by atoms with Crippen molar-refractivity contribution < 1.29 is 0 Å². The number of rotatable bonds is 3. The maximum absolute atomic E-state index is 5.90. The Kier molecular flexibility index (Phi) is 3.82. The van der Waals surface area contributed by atoms with Crippen molar-refractivity contribution in [1.29, 1.82) is 0 Å². The molecule has 2 rings (SSSR count). The first kappa shape index (κ1) is 12.6. The number of nitrogens with one attached hydrogen (secondary N) is 1. The second-order valence-electron chi connectivity index (χ2n) is 3.57. The zero-order chi connectivity index (χ0) is 12.4. The predicted octanol–water partition coefficient (Wildman–Crippen LogP) is 3.99. The van der Waals surface area contributed by atoms with Gasteiger partial charge in [-0.2, -0.15) is 0 Å². The van der Waals surface area contributed by atoms with Crippen LogP contribution >= 0.6 is 34.8 Å². The maximum Gasteiger partial charge on any atom is 0.128 e. The molecular weight excluding hydrogens is 281 g/mol. The van der Waals surface area contributed by atoms with E-state index < -0.39 is 0 Å². The standard InChI is InChI=1S/C11H10Cl3N3/c1-17-10(14)5-16-11(17)6-15-9-3-7(12)2-8(13)4-9/h2-5,15H,6H2,1H3. The topological polar surface area (TPSA) is 29.9 Å². The summed E-state index contributed by atoms with van der Waals surface area (Å²) in [6.07, 6.45) is 1.61. The highest BCUT2D eigenvalue weighted by molar-refractivity contribution is 6.35. The average Bonchev–Trinajstić information content (AvgIpc) is 2.56. The molecule has 0 aliphatic heterocycles. The predicted molar refractivity (Wildman–Crippen MR) is 72.0 cm³/mol. The molecule has 0 saturated heterocycles. The zero-order valence-corrected chi connectivity index (χ0v) is 11.3. The van der Waals surface area contributed by atoms with Gasteiger partial charge in [0.25, 0.3) is 0 Å². The molecule has 0 aliphatic carbocycles. The first-order chi connectivity index (χ1) is 8.06. The monoisotopic (exact) mass is 289 g/mol. The fourth-order valence-corrected chi connectivity index (χ4v) is 2.10. The summed E-state index contributed by atoms with van der Waals surface area (Å²) in [5.74, 6) is 0.839. The van der Waals surface area contributed by atoms with Gasteiger partial charge < -0.3 is 9.88 Å². The van der Waals surface area contributed by atoms with Crippen LogP contribution in [0.15, 0.2) is 24.4 Å². The van der Waals surface area contributed by atoms with E-state index in [0.29, 0.717) is 21.7 Å². The molecule has 1 heterocycles. The fraction of sp³-hybridized carbons (Fsp3) is 0.182. The Labute approximate surface area is 114 Å². The number of hydrogen-bond donors (Lipinski definition) is 1. The van der Waals surface area contributed by atoms with Gasteiger partial charge in [0.1, 0.15) is 11.0 Å². The average molecular weight is 291 g/mol. The summed E-state index contributed by atoms with van der Waals surface area (Å²) in [6, 6.07) is 5.29. The Morgan fingerprint density at radius 2 is 1.82 bits per heavy atom. The molecule has 2 aromatic rings. The third-order valence-electron chi connectivity index (χ3n) is 2.34. The molecule has 1 N–H and O–H groups in total. The minimum absolute atomic E-state index is 0.555. The van der Waals surface area contributed by atoms with E-state index in [0.717, 1.165) is 11.5 Å². The molecule has 3 nitrogen and oxygen atoms in total.